The van der Waals surface area contributed by atoms with E-state index in [0.29, 0.717) is 9.44 Å². The number of urea groups is 2. The van der Waals surface area contributed by atoms with Crippen molar-refractivity contribution in [2.45, 2.75) is 5.51 Å². The molecule has 3 N–H and O–H groups in total. The van der Waals surface area contributed by atoms with Crippen molar-refractivity contribution in [2.24, 2.45) is 0 Å². The van der Waals surface area contributed by atoms with Gasteiger partial charge in [0.1, 0.15) is 0 Å². The van der Waals surface area contributed by atoms with Gasteiger partial charge in [-0.1, -0.05) is 3.89 Å². The highest BCUT2D eigenvalue weighted by molar-refractivity contribution is 7.90. The molecular formula is C3H3F4N3O6S2. The van der Waals surface area contributed by atoms with Crippen LogP contribution in [0.5, 0.6) is 0 Å². The predicted octanol–water partition coefficient (Wildman–Crippen LogP) is -0.941. The Hall–Kier alpha value is -1.64. The minimum Gasteiger partial charge on any atom is -0.258 e. The van der Waals surface area contributed by atoms with Crippen molar-refractivity contribution < 1.29 is 43.5 Å². The Morgan fingerprint density at radius 3 is 1.61 bits per heavy atom. The highest BCUT2D eigenvalue weighted by atomic mass is 32.3. The fourth-order valence-corrected chi connectivity index (χ4v) is 1.13. The minimum absolute atomic E-state index is 0.332. The van der Waals surface area contributed by atoms with Gasteiger partial charge in [0.25, 0.3) is 0 Å². The molecule has 106 valence electrons. The van der Waals surface area contributed by atoms with Crippen molar-refractivity contribution in [1.29, 1.82) is 0 Å². The summed E-state index contributed by atoms with van der Waals surface area (Å²) in [5.74, 6) is 0. The zero-order valence-corrected chi connectivity index (χ0v) is 9.41. The Labute approximate surface area is 96.9 Å². The molecule has 4 amide bonds. The van der Waals surface area contributed by atoms with E-state index in [4.69, 9.17) is 0 Å². The summed E-state index contributed by atoms with van der Waals surface area (Å²) < 4.78 is 88.0. The highest BCUT2D eigenvalue weighted by Crippen LogP contribution is 2.21. The number of imide groups is 1. The lowest BCUT2D eigenvalue weighted by Gasteiger charge is -2.09. The molecule has 0 fully saturated rings. The number of rotatable bonds is 2. The van der Waals surface area contributed by atoms with E-state index in [9.17, 15) is 43.5 Å². The van der Waals surface area contributed by atoms with E-state index in [0.717, 1.165) is 5.32 Å². The summed E-state index contributed by atoms with van der Waals surface area (Å²) in [6, 6.07) is -4.32. The SMILES string of the molecule is O=C(NC(=O)NS(=O)(=O)C(F)(F)F)NS(=O)(=O)F. The Bertz CT molecular complexity index is 549. The quantitative estimate of drug-likeness (QED) is 0.444. The maximum atomic E-state index is 11.8. The first-order chi connectivity index (χ1) is 7.74. The molecular weight excluding hydrogens is 314 g/mol. The van der Waals surface area contributed by atoms with Gasteiger partial charge >= 0.3 is 38.0 Å². The topological polar surface area (TPSA) is 139 Å². The van der Waals surface area contributed by atoms with Crippen molar-refractivity contribution in [1.82, 2.24) is 14.8 Å². The summed E-state index contributed by atoms with van der Waals surface area (Å²) in [6.07, 6.45) is 0. The molecule has 0 saturated carbocycles. The van der Waals surface area contributed by atoms with Crippen molar-refractivity contribution in [3.63, 3.8) is 0 Å². The van der Waals surface area contributed by atoms with Crippen molar-refractivity contribution in [2.75, 3.05) is 0 Å². The van der Waals surface area contributed by atoms with Crippen LogP contribution in [0.4, 0.5) is 26.6 Å². The standard InChI is InChI=1S/C3H3F4N3O6S2/c4-3(5,6)17(13,14)9-1(11)8-2(12)10-18(7,15)16/h(H3,8,9,10,11,12). The van der Waals surface area contributed by atoms with Gasteiger partial charge in [-0.05, 0) is 0 Å². The van der Waals surface area contributed by atoms with Gasteiger partial charge in [-0.2, -0.15) is 30.0 Å². The fourth-order valence-electron chi connectivity index (χ4n) is 0.445. The van der Waals surface area contributed by atoms with Gasteiger partial charge in [-0.25, -0.2) is 19.0 Å². The van der Waals surface area contributed by atoms with E-state index >= 15 is 0 Å². The van der Waals surface area contributed by atoms with Crippen LogP contribution in [-0.4, -0.2) is 34.4 Å². The normalized spacial score (nSPS) is 12.7. The molecule has 0 bridgehead atoms. The second kappa shape index (κ2) is 4.92. The molecule has 0 aliphatic carbocycles. The summed E-state index contributed by atoms with van der Waals surface area (Å²) in [5.41, 5.74) is -5.83. The summed E-state index contributed by atoms with van der Waals surface area (Å²) in [6.45, 7) is 0. The van der Waals surface area contributed by atoms with E-state index in [2.05, 4.69) is 0 Å². The lowest BCUT2D eigenvalue weighted by atomic mass is 10.9. The van der Waals surface area contributed by atoms with Gasteiger partial charge in [0.2, 0.25) is 0 Å². The van der Waals surface area contributed by atoms with Crippen molar-refractivity contribution >= 4 is 32.5 Å². The van der Waals surface area contributed by atoms with Crippen LogP contribution in [0.15, 0.2) is 0 Å². The number of amides is 4. The lowest BCUT2D eigenvalue weighted by Crippen LogP contribution is -2.50. The van der Waals surface area contributed by atoms with Gasteiger partial charge < -0.3 is 0 Å². The first-order valence-corrected chi connectivity index (χ1v) is 6.28. The molecule has 0 aromatic rings. The van der Waals surface area contributed by atoms with Gasteiger partial charge in [-0.15, -0.1) is 0 Å². The highest BCUT2D eigenvalue weighted by Gasteiger charge is 2.47. The number of carbonyl (C=O) groups is 2. The smallest absolute Gasteiger partial charge is 0.258 e. The molecule has 0 spiro atoms. The average molecular weight is 317 g/mol. The third-order valence-corrected chi connectivity index (χ3v) is 2.47. The van der Waals surface area contributed by atoms with Crippen LogP contribution in [-0.2, 0) is 20.4 Å². The van der Waals surface area contributed by atoms with E-state index in [1.54, 1.807) is 0 Å². The summed E-state index contributed by atoms with van der Waals surface area (Å²) >= 11 is 0. The monoisotopic (exact) mass is 317 g/mol. The Morgan fingerprint density at radius 2 is 1.28 bits per heavy atom. The van der Waals surface area contributed by atoms with Gasteiger partial charge in [-0.3, -0.25) is 5.32 Å². The molecule has 0 aliphatic heterocycles. The maximum Gasteiger partial charge on any atom is 0.516 e. The maximum absolute atomic E-state index is 11.8. The number of alkyl halides is 3. The van der Waals surface area contributed by atoms with Crippen LogP contribution in [0, 0.1) is 0 Å². The predicted molar refractivity (Wildman–Crippen MR) is 45.2 cm³/mol. The molecule has 9 nitrogen and oxygen atoms in total. The fraction of sp³-hybridized carbons (Fsp3) is 0.333. The molecule has 0 saturated heterocycles. The first-order valence-electron chi connectivity index (χ1n) is 3.41. The van der Waals surface area contributed by atoms with E-state index in [1.165, 1.54) is 0 Å². The van der Waals surface area contributed by atoms with Crippen LogP contribution in [0.2, 0.25) is 0 Å². The molecule has 0 aromatic carbocycles. The van der Waals surface area contributed by atoms with E-state index in [1.807, 2.05) is 0 Å². The number of sulfonamides is 1. The minimum atomic E-state index is -6.07. The molecule has 0 radical (unpaired) electrons. The summed E-state index contributed by atoms with van der Waals surface area (Å²) in [4.78, 5) is 20.9. The molecule has 0 aliphatic rings. The van der Waals surface area contributed by atoms with Crippen LogP contribution in [0.1, 0.15) is 0 Å². The largest absolute Gasteiger partial charge is 0.516 e. The number of halogens is 4. The van der Waals surface area contributed by atoms with Crippen LogP contribution < -0.4 is 14.8 Å². The molecule has 0 rings (SSSR count). The number of carbonyl (C=O) groups excluding carboxylic acids is 2. The molecule has 0 atom stereocenters. The molecule has 0 aromatic heterocycles. The molecule has 0 unspecified atom stereocenters. The number of nitrogens with one attached hydrogen (secondary N) is 3. The Balaban J connectivity index is 4.61. The Morgan fingerprint density at radius 1 is 0.889 bits per heavy atom. The van der Waals surface area contributed by atoms with Gasteiger partial charge in [0.05, 0.1) is 0 Å². The van der Waals surface area contributed by atoms with E-state index < -0.39 is 38.0 Å². The van der Waals surface area contributed by atoms with Crippen LogP contribution in [0.3, 0.4) is 0 Å². The van der Waals surface area contributed by atoms with Gasteiger partial charge in [0.15, 0.2) is 0 Å². The molecule has 18 heavy (non-hydrogen) atoms. The van der Waals surface area contributed by atoms with Crippen molar-refractivity contribution in [3.8, 4) is 0 Å². The summed E-state index contributed by atoms with van der Waals surface area (Å²) in [5, 5.41) is 0.766. The Kier molecular flexibility index (Phi) is 4.48. The molecule has 15 heteroatoms. The number of hydrogen-bond donors (Lipinski definition) is 3. The zero-order chi connectivity index (χ0) is 14.8. The number of hydrogen-bond acceptors (Lipinski definition) is 6. The van der Waals surface area contributed by atoms with Crippen molar-refractivity contribution in [3.05, 3.63) is 0 Å². The third-order valence-electron chi connectivity index (χ3n) is 0.973. The van der Waals surface area contributed by atoms with E-state index in [-0.39, 0.29) is 0 Å². The van der Waals surface area contributed by atoms with Crippen LogP contribution in [0.25, 0.3) is 0 Å². The second-order valence-electron chi connectivity index (χ2n) is 2.37. The third kappa shape index (κ3) is 5.62. The first kappa shape index (κ1) is 16.4. The second-order valence-corrected chi connectivity index (χ2v) is 5.13. The lowest BCUT2D eigenvalue weighted by molar-refractivity contribution is -0.0444. The average Bonchev–Trinajstić information content (AvgIpc) is 1.94. The zero-order valence-electron chi connectivity index (χ0n) is 7.78. The van der Waals surface area contributed by atoms with Crippen LogP contribution >= 0.6 is 0 Å². The van der Waals surface area contributed by atoms with Gasteiger partial charge in [0, 0.05) is 0 Å². The summed E-state index contributed by atoms with van der Waals surface area (Å²) in [7, 11) is -11.6. The molecule has 0 heterocycles.